The summed E-state index contributed by atoms with van der Waals surface area (Å²) in [6, 6.07) is 2.25. The van der Waals surface area contributed by atoms with Crippen LogP contribution in [0.25, 0.3) is 0 Å². The van der Waals surface area contributed by atoms with E-state index < -0.39 is 46.5 Å². The van der Waals surface area contributed by atoms with Crippen LogP contribution in [0.2, 0.25) is 30.1 Å². The SMILES string of the molecule is CC(C)CCCC(C)CCOC(=O)c1c(Cl)c(Cl)cc(Cl)c1OC(=O)C(=O)Oc1c(Cl)cc(Cl)c(Cl)c1C(=O)OCCC(C)CCCC(C)C. The third kappa shape index (κ3) is 13.9. The van der Waals surface area contributed by atoms with Crippen LogP contribution >= 0.6 is 69.6 Å². The first kappa shape index (κ1) is 44.2. The lowest BCUT2D eigenvalue weighted by molar-refractivity contribution is -0.156. The third-order valence-corrected chi connectivity index (χ3v) is 10.00. The summed E-state index contributed by atoms with van der Waals surface area (Å²) in [5.41, 5.74) is -0.930. The van der Waals surface area contributed by atoms with Crippen LogP contribution in [0.4, 0.5) is 0 Å². The Labute approximate surface area is 324 Å². The topological polar surface area (TPSA) is 105 Å². The Morgan fingerprint density at radius 3 is 1.18 bits per heavy atom. The van der Waals surface area contributed by atoms with Gasteiger partial charge in [-0.15, -0.1) is 0 Å². The summed E-state index contributed by atoms with van der Waals surface area (Å²) in [7, 11) is 0. The second kappa shape index (κ2) is 21.6. The summed E-state index contributed by atoms with van der Waals surface area (Å²) in [6.45, 7) is 12.8. The Morgan fingerprint density at radius 2 is 0.860 bits per heavy atom. The number of hydrogen-bond donors (Lipinski definition) is 0. The fourth-order valence-electron chi connectivity index (χ4n) is 4.88. The molecule has 0 N–H and O–H groups in total. The van der Waals surface area contributed by atoms with Crippen LogP contribution in [0.5, 0.6) is 11.5 Å². The first-order chi connectivity index (χ1) is 23.4. The monoisotopic (exact) mass is 814 g/mol. The maximum Gasteiger partial charge on any atom is 0.423 e. The molecule has 0 radical (unpaired) electrons. The first-order valence-electron chi connectivity index (χ1n) is 16.6. The van der Waals surface area contributed by atoms with Crippen molar-refractivity contribution in [3.63, 3.8) is 0 Å². The van der Waals surface area contributed by atoms with E-state index in [1.807, 2.05) is 0 Å². The van der Waals surface area contributed by atoms with Crippen molar-refractivity contribution in [1.82, 2.24) is 0 Å². The largest absolute Gasteiger partial charge is 0.462 e. The van der Waals surface area contributed by atoms with Crippen molar-refractivity contribution in [3.8, 4) is 11.5 Å². The second-order valence-corrected chi connectivity index (χ2v) is 15.6. The fraction of sp³-hybridized carbons (Fsp3) is 0.556. The summed E-state index contributed by atoms with van der Waals surface area (Å²) in [4.78, 5) is 52.3. The highest BCUT2D eigenvalue weighted by Gasteiger charge is 2.32. The molecule has 14 heteroatoms. The predicted molar refractivity (Wildman–Crippen MR) is 200 cm³/mol. The Kier molecular flexibility index (Phi) is 19.1. The maximum absolute atomic E-state index is 13.1. The van der Waals surface area contributed by atoms with Gasteiger partial charge < -0.3 is 18.9 Å². The van der Waals surface area contributed by atoms with Gasteiger partial charge >= 0.3 is 23.9 Å². The normalized spacial score (nSPS) is 12.5. The van der Waals surface area contributed by atoms with Gasteiger partial charge in [-0.1, -0.05) is 150 Å². The zero-order valence-corrected chi connectivity index (χ0v) is 33.6. The average Bonchev–Trinajstić information content (AvgIpc) is 3.02. The Bertz CT molecular complexity index is 1400. The van der Waals surface area contributed by atoms with Crippen molar-refractivity contribution < 1.29 is 38.1 Å². The fourth-order valence-corrected chi connectivity index (χ4v) is 6.32. The number of benzene rings is 2. The van der Waals surface area contributed by atoms with E-state index in [0.717, 1.165) is 50.7 Å². The lowest BCUT2D eigenvalue weighted by Crippen LogP contribution is -2.27. The highest BCUT2D eigenvalue weighted by Crippen LogP contribution is 2.42. The summed E-state index contributed by atoms with van der Waals surface area (Å²) in [5.74, 6) is -4.64. The summed E-state index contributed by atoms with van der Waals surface area (Å²) in [5, 5.41) is -1.50. The number of rotatable bonds is 18. The zero-order valence-electron chi connectivity index (χ0n) is 29.1. The van der Waals surface area contributed by atoms with Crippen molar-refractivity contribution in [3.05, 3.63) is 53.4 Å². The molecule has 2 aromatic rings. The molecule has 2 unspecified atom stereocenters. The Balaban J connectivity index is 2.20. The van der Waals surface area contributed by atoms with Crippen LogP contribution in [0.1, 0.15) is 114 Å². The van der Waals surface area contributed by atoms with Crippen LogP contribution in [-0.2, 0) is 19.1 Å². The standard InChI is InChI=1S/C36H44Cl6O8/c1-19(2)9-7-11-21(5)13-15-47-33(43)27-29(41)23(37)17-25(39)31(27)49-35(45)36(46)50-32-26(40)18-24(38)30(42)28(32)34(44)48-16-14-22(6)12-8-10-20(3)4/h17-22H,7-16H2,1-6H3. The second-order valence-electron chi connectivity index (χ2n) is 13.2. The number of carbonyl (C=O) groups excluding carboxylic acids is 4. The molecule has 0 heterocycles. The lowest BCUT2D eigenvalue weighted by atomic mass is 9.98. The van der Waals surface area contributed by atoms with Gasteiger partial charge in [-0.3, -0.25) is 0 Å². The number of carbonyl (C=O) groups is 4. The van der Waals surface area contributed by atoms with Gasteiger partial charge in [0, 0.05) is 0 Å². The van der Waals surface area contributed by atoms with Gasteiger partial charge in [-0.2, -0.15) is 0 Å². The van der Waals surface area contributed by atoms with E-state index in [4.69, 9.17) is 88.6 Å². The Hall–Kier alpha value is -1.94. The number of hydrogen-bond acceptors (Lipinski definition) is 8. The van der Waals surface area contributed by atoms with Crippen LogP contribution in [-0.4, -0.2) is 37.1 Å². The number of halogens is 6. The molecule has 0 bridgehead atoms. The minimum atomic E-state index is -1.64. The average molecular weight is 817 g/mol. The molecular formula is C36H44Cl6O8. The highest BCUT2D eigenvalue weighted by molar-refractivity contribution is 6.47. The molecular weight excluding hydrogens is 773 g/mol. The molecule has 0 aliphatic rings. The van der Waals surface area contributed by atoms with E-state index in [0.29, 0.717) is 24.7 Å². The van der Waals surface area contributed by atoms with Gasteiger partial charge in [0.05, 0.1) is 43.3 Å². The molecule has 0 saturated carbocycles. The van der Waals surface area contributed by atoms with Crippen LogP contribution in [0, 0.1) is 23.7 Å². The number of ether oxygens (including phenoxy) is 4. The first-order valence-corrected chi connectivity index (χ1v) is 18.8. The minimum absolute atomic E-state index is 0.0450. The molecule has 8 nitrogen and oxygen atoms in total. The van der Waals surface area contributed by atoms with Crippen molar-refractivity contribution in [2.24, 2.45) is 23.7 Å². The summed E-state index contributed by atoms with van der Waals surface area (Å²) in [6.07, 6.45) is 7.36. The summed E-state index contributed by atoms with van der Waals surface area (Å²) >= 11 is 37.5. The third-order valence-electron chi connectivity index (χ3n) is 7.86. The highest BCUT2D eigenvalue weighted by atomic mass is 35.5. The van der Waals surface area contributed by atoms with E-state index in [1.54, 1.807) is 0 Å². The van der Waals surface area contributed by atoms with Crippen molar-refractivity contribution in [2.45, 2.75) is 92.9 Å². The van der Waals surface area contributed by atoms with Crippen LogP contribution in [0.3, 0.4) is 0 Å². The maximum atomic E-state index is 13.1. The smallest absolute Gasteiger partial charge is 0.423 e. The molecule has 50 heavy (non-hydrogen) atoms. The van der Waals surface area contributed by atoms with Gasteiger partial charge in [0.2, 0.25) is 0 Å². The molecule has 0 aromatic heterocycles. The zero-order chi connectivity index (χ0) is 37.7. The Morgan fingerprint density at radius 1 is 0.520 bits per heavy atom. The van der Waals surface area contributed by atoms with E-state index in [2.05, 4.69) is 41.5 Å². The molecule has 0 spiro atoms. The van der Waals surface area contributed by atoms with E-state index in [9.17, 15) is 19.2 Å². The van der Waals surface area contributed by atoms with Gasteiger partial charge in [0.25, 0.3) is 0 Å². The molecule has 2 rings (SSSR count). The van der Waals surface area contributed by atoms with E-state index in [1.165, 1.54) is 0 Å². The van der Waals surface area contributed by atoms with Crippen molar-refractivity contribution >= 4 is 93.5 Å². The van der Waals surface area contributed by atoms with E-state index >= 15 is 0 Å². The summed E-state index contributed by atoms with van der Waals surface area (Å²) < 4.78 is 21.2. The molecule has 0 aliphatic heterocycles. The molecule has 2 aromatic carbocycles. The van der Waals surface area contributed by atoms with Gasteiger partial charge in [0.15, 0.2) is 11.5 Å². The molecule has 0 fully saturated rings. The van der Waals surface area contributed by atoms with Gasteiger partial charge in [0.1, 0.15) is 11.1 Å². The minimum Gasteiger partial charge on any atom is -0.462 e. The molecule has 0 aliphatic carbocycles. The number of esters is 4. The predicted octanol–water partition coefficient (Wildman–Crippen LogP) is 12.1. The molecule has 2 atom stereocenters. The van der Waals surface area contributed by atoms with Crippen molar-refractivity contribution in [2.75, 3.05) is 13.2 Å². The lowest BCUT2D eigenvalue weighted by Gasteiger charge is -2.16. The van der Waals surface area contributed by atoms with Crippen LogP contribution in [0.15, 0.2) is 12.1 Å². The quantitative estimate of drug-likeness (QED) is 0.0634. The molecule has 0 saturated heterocycles. The van der Waals surface area contributed by atoms with Crippen LogP contribution < -0.4 is 9.47 Å². The van der Waals surface area contributed by atoms with Crippen molar-refractivity contribution in [1.29, 1.82) is 0 Å². The van der Waals surface area contributed by atoms with Gasteiger partial charge in [-0.05, 0) is 48.6 Å². The molecule has 0 amide bonds. The molecule has 278 valence electrons. The van der Waals surface area contributed by atoms with E-state index in [-0.39, 0.29) is 55.2 Å². The van der Waals surface area contributed by atoms with Gasteiger partial charge in [-0.25, -0.2) is 19.2 Å².